The van der Waals surface area contributed by atoms with Gasteiger partial charge in [-0.25, -0.2) is 0 Å². The van der Waals surface area contributed by atoms with Crippen molar-refractivity contribution in [2.24, 2.45) is 0 Å². The summed E-state index contributed by atoms with van der Waals surface area (Å²) in [5, 5.41) is 19.5. The fourth-order valence-electron chi connectivity index (χ4n) is 1.24. The van der Waals surface area contributed by atoms with Gasteiger partial charge in [0.1, 0.15) is 18.2 Å². The van der Waals surface area contributed by atoms with E-state index in [0.29, 0.717) is 23.7 Å². The smallest absolute Gasteiger partial charge is 0.325 e. The van der Waals surface area contributed by atoms with Crippen LogP contribution in [0.1, 0.15) is 23.7 Å². The number of esters is 1. The van der Waals surface area contributed by atoms with E-state index < -0.39 is 5.97 Å². The number of aryl methyl sites for hydroxylation is 1. The lowest BCUT2D eigenvalue weighted by Gasteiger charge is -2.08. The van der Waals surface area contributed by atoms with Gasteiger partial charge in [0.05, 0.1) is 12.3 Å². The molecule has 0 bridgehead atoms. The molecule has 0 saturated carbocycles. The van der Waals surface area contributed by atoms with E-state index in [4.69, 9.17) is 10.00 Å². The zero-order valence-electron chi connectivity index (χ0n) is 10.1. The fourth-order valence-corrected chi connectivity index (χ4v) is 1.24. The molecule has 0 radical (unpaired) electrons. The topological polar surface area (TPSA) is 87.9 Å². The highest BCUT2D eigenvalue weighted by Gasteiger charge is 2.11. The average Bonchev–Trinajstić information content (AvgIpc) is 2.31. The van der Waals surface area contributed by atoms with Crippen molar-refractivity contribution in [3.05, 3.63) is 16.8 Å². The number of carbonyl (C=O) groups excluding carboxylic acids is 1. The summed E-state index contributed by atoms with van der Waals surface area (Å²) in [5.74, 6) is -0.0833. The first-order valence-electron chi connectivity index (χ1n) is 5.23. The summed E-state index contributed by atoms with van der Waals surface area (Å²) in [7, 11) is 0. The molecule has 6 heteroatoms. The maximum absolute atomic E-state index is 11.2. The van der Waals surface area contributed by atoms with E-state index in [-0.39, 0.29) is 6.54 Å². The van der Waals surface area contributed by atoms with Gasteiger partial charge in [-0.3, -0.25) is 4.79 Å². The third kappa shape index (κ3) is 3.14. The van der Waals surface area contributed by atoms with Gasteiger partial charge in [-0.05, 0) is 26.3 Å². The van der Waals surface area contributed by atoms with Crippen molar-refractivity contribution in [3.8, 4) is 6.07 Å². The number of rotatable bonds is 4. The Labute approximate surface area is 99.6 Å². The number of nitrogens with zero attached hydrogens (tertiary/aromatic N) is 3. The second kappa shape index (κ2) is 5.80. The predicted octanol–water partition coefficient (Wildman–Crippen LogP) is 0.940. The van der Waals surface area contributed by atoms with E-state index in [0.717, 1.165) is 5.56 Å². The summed E-state index contributed by atoms with van der Waals surface area (Å²) in [6.45, 7) is 5.59. The van der Waals surface area contributed by atoms with Gasteiger partial charge in [-0.2, -0.15) is 10.4 Å². The summed E-state index contributed by atoms with van der Waals surface area (Å²) in [6, 6.07) is 2.04. The SMILES string of the molecule is CCOC(=O)CNc1nnc(C)c(C)c1C#N. The van der Waals surface area contributed by atoms with Crippen molar-refractivity contribution in [2.75, 3.05) is 18.5 Å². The molecule has 6 nitrogen and oxygen atoms in total. The number of hydrogen-bond donors (Lipinski definition) is 1. The highest BCUT2D eigenvalue weighted by molar-refractivity contribution is 5.75. The van der Waals surface area contributed by atoms with Crippen LogP contribution >= 0.6 is 0 Å². The van der Waals surface area contributed by atoms with Crippen LogP contribution in [-0.4, -0.2) is 29.3 Å². The first kappa shape index (κ1) is 12.9. The quantitative estimate of drug-likeness (QED) is 0.780. The zero-order valence-corrected chi connectivity index (χ0v) is 10.1. The van der Waals surface area contributed by atoms with Crippen LogP contribution in [0, 0.1) is 25.2 Å². The molecule has 1 N–H and O–H groups in total. The third-order valence-electron chi connectivity index (χ3n) is 2.27. The summed E-state index contributed by atoms with van der Waals surface area (Å²) in [6.07, 6.45) is 0. The van der Waals surface area contributed by atoms with Crippen LogP contribution in [0.5, 0.6) is 0 Å². The van der Waals surface area contributed by atoms with Crippen LogP contribution in [0.2, 0.25) is 0 Å². The minimum atomic E-state index is -0.392. The fraction of sp³-hybridized carbons (Fsp3) is 0.455. The Kier molecular flexibility index (Phi) is 4.40. The Bertz CT molecular complexity index is 465. The van der Waals surface area contributed by atoms with Gasteiger partial charge in [0.15, 0.2) is 5.82 Å². The van der Waals surface area contributed by atoms with Gasteiger partial charge in [-0.15, -0.1) is 5.10 Å². The monoisotopic (exact) mass is 234 g/mol. The zero-order chi connectivity index (χ0) is 12.8. The molecular formula is C11H14N4O2. The van der Waals surface area contributed by atoms with Crippen molar-refractivity contribution in [2.45, 2.75) is 20.8 Å². The second-order valence-electron chi connectivity index (χ2n) is 3.40. The van der Waals surface area contributed by atoms with Gasteiger partial charge >= 0.3 is 5.97 Å². The third-order valence-corrected chi connectivity index (χ3v) is 2.27. The highest BCUT2D eigenvalue weighted by Crippen LogP contribution is 2.16. The maximum Gasteiger partial charge on any atom is 0.325 e. The van der Waals surface area contributed by atoms with Crippen LogP contribution in [0.3, 0.4) is 0 Å². The molecule has 0 aromatic carbocycles. The number of anilines is 1. The van der Waals surface area contributed by atoms with Gasteiger partial charge in [0.25, 0.3) is 0 Å². The number of ether oxygens (including phenoxy) is 1. The van der Waals surface area contributed by atoms with Crippen LogP contribution in [0.15, 0.2) is 0 Å². The van der Waals surface area contributed by atoms with Gasteiger partial charge in [0.2, 0.25) is 0 Å². The lowest BCUT2D eigenvalue weighted by atomic mass is 10.1. The molecular weight excluding hydrogens is 220 g/mol. The van der Waals surface area contributed by atoms with Gasteiger partial charge in [-0.1, -0.05) is 0 Å². The molecule has 17 heavy (non-hydrogen) atoms. The number of hydrogen-bond acceptors (Lipinski definition) is 6. The summed E-state index contributed by atoms with van der Waals surface area (Å²) >= 11 is 0. The average molecular weight is 234 g/mol. The molecule has 0 aliphatic rings. The highest BCUT2D eigenvalue weighted by atomic mass is 16.5. The Morgan fingerprint density at radius 1 is 1.47 bits per heavy atom. The largest absolute Gasteiger partial charge is 0.465 e. The molecule has 0 amide bonds. The lowest BCUT2D eigenvalue weighted by Crippen LogP contribution is -2.18. The van der Waals surface area contributed by atoms with Gasteiger partial charge < -0.3 is 10.1 Å². The minimum absolute atomic E-state index is 0.0281. The second-order valence-corrected chi connectivity index (χ2v) is 3.40. The van der Waals surface area contributed by atoms with E-state index >= 15 is 0 Å². The Morgan fingerprint density at radius 3 is 2.76 bits per heavy atom. The molecule has 1 rings (SSSR count). The van der Waals surface area contributed by atoms with E-state index in [1.165, 1.54) is 0 Å². The van der Waals surface area contributed by atoms with E-state index in [2.05, 4.69) is 15.5 Å². The number of nitrogens with one attached hydrogen (secondary N) is 1. The van der Waals surface area contributed by atoms with Gasteiger partial charge in [0, 0.05) is 0 Å². The molecule has 1 heterocycles. The molecule has 1 aromatic rings. The molecule has 0 aliphatic carbocycles. The van der Waals surface area contributed by atoms with Crippen LogP contribution in [-0.2, 0) is 9.53 Å². The summed E-state index contributed by atoms with van der Waals surface area (Å²) in [5.41, 5.74) is 1.86. The maximum atomic E-state index is 11.2. The Balaban J connectivity index is 2.82. The lowest BCUT2D eigenvalue weighted by molar-refractivity contribution is -0.140. The minimum Gasteiger partial charge on any atom is -0.465 e. The van der Waals surface area contributed by atoms with Crippen LogP contribution < -0.4 is 5.32 Å². The van der Waals surface area contributed by atoms with Crippen LogP contribution in [0.4, 0.5) is 5.82 Å². The Morgan fingerprint density at radius 2 is 2.18 bits per heavy atom. The standard InChI is InChI=1S/C11H14N4O2/c1-4-17-10(16)6-13-11-9(5-12)7(2)8(3)14-15-11/h4,6H2,1-3H3,(H,13,15). The first-order valence-corrected chi connectivity index (χ1v) is 5.23. The molecule has 0 aliphatic heterocycles. The molecule has 0 unspecified atom stereocenters. The van der Waals surface area contributed by atoms with E-state index in [1.54, 1.807) is 20.8 Å². The molecule has 0 atom stereocenters. The number of nitriles is 1. The van der Waals surface area contributed by atoms with Crippen LogP contribution in [0.25, 0.3) is 0 Å². The van der Waals surface area contributed by atoms with Crippen molar-refractivity contribution in [1.29, 1.82) is 5.26 Å². The molecule has 0 saturated heterocycles. The normalized spacial score (nSPS) is 9.53. The summed E-state index contributed by atoms with van der Waals surface area (Å²) < 4.78 is 4.76. The Hall–Kier alpha value is -2.16. The first-order chi connectivity index (χ1) is 8.10. The van der Waals surface area contributed by atoms with Crippen molar-refractivity contribution in [3.63, 3.8) is 0 Å². The molecule has 1 aromatic heterocycles. The number of carbonyl (C=O) groups is 1. The summed E-state index contributed by atoms with van der Waals surface area (Å²) in [4.78, 5) is 11.2. The van der Waals surface area contributed by atoms with E-state index in [9.17, 15) is 4.79 Å². The van der Waals surface area contributed by atoms with Crippen molar-refractivity contribution >= 4 is 11.8 Å². The van der Waals surface area contributed by atoms with Crippen molar-refractivity contribution in [1.82, 2.24) is 10.2 Å². The molecule has 0 spiro atoms. The predicted molar refractivity (Wildman–Crippen MR) is 61.3 cm³/mol. The number of aromatic nitrogens is 2. The molecule has 0 fully saturated rings. The van der Waals surface area contributed by atoms with Crippen molar-refractivity contribution < 1.29 is 9.53 Å². The van der Waals surface area contributed by atoms with E-state index in [1.807, 2.05) is 6.07 Å². The molecule has 90 valence electrons.